The van der Waals surface area contributed by atoms with Gasteiger partial charge in [0.25, 0.3) is 5.91 Å². The van der Waals surface area contributed by atoms with Crippen LogP contribution in [0.5, 0.6) is 11.5 Å². The summed E-state index contributed by atoms with van der Waals surface area (Å²) < 4.78 is 18.3. The standard InChI is InChI=1S/C22H24N2O5S/c1-6-29-19(25)12-24-20-14(3)7-13(2)8-18(20)30-22(24)23-21(26)15-9-16(27-4)11-17(10-15)28-5/h7-11H,6,12H2,1-5H3. The quantitative estimate of drug-likeness (QED) is 0.560. The molecule has 2 aromatic carbocycles. The van der Waals surface area contributed by atoms with Gasteiger partial charge in [-0.25, -0.2) is 0 Å². The summed E-state index contributed by atoms with van der Waals surface area (Å²) in [5, 5.41) is 0. The van der Waals surface area contributed by atoms with E-state index in [1.807, 2.05) is 26.0 Å². The van der Waals surface area contributed by atoms with Crippen molar-refractivity contribution in [2.75, 3.05) is 20.8 Å². The van der Waals surface area contributed by atoms with Crippen LogP contribution in [0.4, 0.5) is 0 Å². The first-order chi connectivity index (χ1) is 14.4. The first kappa shape index (κ1) is 21.6. The highest BCUT2D eigenvalue weighted by Crippen LogP contribution is 2.25. The van der Waals surface area contributed by atoms with Crippen LogP contribution in [0.25, 0.3) is 10.2 Å². The van der Waals surface area contributed by atoms with E-state index in [9.17, 15) is 9.59 Å². The van der Waals surface area contributed by atoms with Crippen molar-refractivity contribution in [3.05, 3.63) is 51.8 Å². The van der Waals surface area contributed by atoms with Crippen LogP contribution >= 0.6 is 11.3 Å². The van der Waals surface area contributed by atoms with Gasteiger partial charge in [-0.1, -0.05) is 17.4 Å². The van der Waals surface area contributed by atoms with E-state index in [4.69, 9.17) is 14.2 Å². The Hall–Kier alpha value is -3.13. The number of methoxy groups -OCH3 is 2. The molecular formula is C22H24N2O5S. The highest BCUT2D eigenvalue weighted by molar-refractivity contribution is 7.16. The van der Waals surface area contributed by atoms with Crippen LogP contribution in [0.1, 0.15) is 28.4 Å². The van der Waals surface area contributed by atoms with E-state index in [2.05, 4.69) is 4.99 Å². The highest BCUT2D eigenvalue weighted by atomic mass is 32.1. The van der Waals surface area contributed by atoms with E-state index in [0.717, 1.165) is 21.3 Å². The van der Waals surface area contributed by atoms with E-state index < -0.39 is 5.91 Å². The Kier molecular flexibility index (Phi) is 6.56. The second kappa shape index (κ2) is 9.13. The Labute approximate surface area is 178 Å². The summed E-state index contributed by atoms with van der Waals surface area (Å²) in [6, 6.07) is 8.95. The third-order valence-corrected chi connectivity index (χ3v) is 5.53. The predicted molar refractivity (Wildman–Crippen MR) is 115 cm³/mol. The van der Waals surface area contributed by atoms with Crippen LogP contribution in [-0.4, -0.2) is 37.3 Å². The predicted octanol–water partition coefficient (Wildman–Crippen LogP) is 3.64. The molecular weight excluding hydrogens is 404 g/mol. The van der Waals surface area contributed by atoms with E-state index >= 15 is 0 Å². The molecule has 0 bridgehead atoms. The zero-order chi connectivity index (χ0) is 21.8. The number of rotatable bonds is 6. The zero-order valence-corrected chi connectivity index (χ0v) is 18.5. The Morgan fingerprint density at radius 3 is 2.30 bits per heavy atom. The number of amides is 1. The van der Waals surface area contributed by atoms with Crippen molar-refractivity contribution < 1.29 is 23.8 Å². The van der Waals surface area contributed by atoms with Crippen LogP contribution in [0, 0.1) is 13.8 Å². The van der Waals surface area contributed by atoms with Crippen molar-refractivity contribution in [2.45, 2.75) is 27.3 Å². The second-order valence-corrected chi connectivity index (χ2v) is 7.73. The zero-order valence-electron chi connectivity index (χ0n) is 17.6. The Bertz CT molecular complexity index is 1150. The topological polar surface area (TPSA) is 79.1 Å². The molecule has 7 nitrogen and oxygen atoms in total. The SMILES string of the molecule is CCOC(=O)Cn1c(=NC(=O)c2cc(OC)cc(OC)c2)sc2cc(C)cc(C)c21. The molecule has 0 fully saturated rings. The van der Waals surface area contributed by atoms with Gasteiger partial charge in [0.2, 0.25) is 0 Å². The summed E-state index contributed by atoms with van der Waals surface area (Å²) in [6.45, 7) is 6.00. The van der Waals surface area contributed by atoms with Gasteiger partial charge in [0, 0.05) is 11.6 Å². The minimum atomic E-state index is -0.453. The van der Waals surface area contributed by atoms with Crippen LogP contribution < -0.4 is 14.3 Å². The Balaban J connectivity index is 2.16. The molecule has 1 heterocycles. The summed E-state index contributed by atoms with van der Waals surface area (Å²) >= 11 is 1.36. The Morgan fingerprint density at radius 2 is 1.70 bits per heavy atom. The fourth-order valence-corrected chi connectivity index (χ4v) is 4.45. The van der Waals surface area contributed by atoms with Crippen molar-refractivity contribution in [1.29, 1.82) is 0 Å². The van der Waals surface area contributed by atoms with E-state index in [-0.39, 0.29) is 19.1 Å². The van der Waals surface area contributed by atoms with Gasteiger partial charge in [-0.15, -0.1) is 0 Å². The number of nitrogens with zero attached hydrogens (tertiary/aromatic N) is 2. The third-order valence-electron chi connectivity index (χ3n) is 4.50. The molecule has 0 saturated heterocycles. The van der Waals surface area contributed by atoms with Crippen LogP contribution in [-0.2, 0) is 16.1 Å². The fraction of sp³-hybridized carbons (Fsp3) is 0.318. The summed E-state index contributed by atoms with van der Waals surface area (Å²) in [5.74, 6) is 0.157. The maximum absolute atomic E-state index is 12.9. The number of carbonyl (C=O) groups excluding carboxylic acids is 2. The average molecular weight is 429 g/mol. The fourth-order valence-electron chi connectivity index (χ4n) is 3.24. The van der Waals surface area contributed by atoms with Crippen molar-refractivity contribution in [1.82, 2.24) is 4.57 Å². The molecule has 3 rings (SSSR count). The van der Waals surface area contributed by atoms with Crippen molar-refractivity contribution in [3.63, 3.8) is 0 Å². The molecule has 0 aliphatic heterocycles. The van der Waals surface area contributed by atoms with E-state index in [1.54, 1.807) is 29.7 Å². The summed E-state index contributed by atoms with van der Waals surface area (Å²) in [4.78, 5) is 29.9. The number of aryl methyl sites for hydroxylation is 2. The number of ether oxygens (including phenoxy) is 3. The molecule has 30 heavy (non-hydrogen) atoms. The van der Waals surface area contributed by atoms with Crippen LogP contribution in [0.3, 0.4) is 0 Å². The number of benzene rings is 2. The lowest BCUT2D eigenvalue weighted by Crippen LogP contribution is -2.23. The first-order valence-electron chi connectivity index (χ1n) is 9.44. The minimum absolute atomic E-state index is 0.0225. The van der Waals surface area contributed by atoms with Gasteiger partial charge < -0.3 is 18.8 Å². The molecule has 8 heteroatoms. The van der Waals surface area contributed by atoms with Gasteiger partial charge in [0.1, 0.15) is 18.0 Å². The first-order valence-corrected chi connectivity index (χ1v) is 10.3. The maximum Gasteiger partial charge on any atom is 0.326 e. The molecule has 0 aliphatic rings. The smallest absolute Gasteiger partial charge is 0.326 e. The number of aromatic nitrogens is 1. The largest absolute Gasteiger partial charge is 0.497 e. The second-order valence-electron chi connectivity index (χ2n) is 6.72. The van der Waals surface area contributed by atoms with Gasteiger partial charge in [-0.05, 0) is 50.1 Å². The summed E-state index contributed by atoms with van der Waals surface area (Å²) in [7, 11) is 3.04. The molecule has 0 spiro atoms. The van der Waals surface area contributed by atoms with Gasteiger partial charge in [-0.3, -0.25) is 9.59 Å². The number of thiazole rings is 1. The van der Waals surface area contributed by atoms with Gasteiger partial charge in [0.05, 0.1) is 31.0 Å². The van der Waals surface area contributed by atoms with E-state index in [0.29, 0.717) is 21.9 Å². The molecule has 3 aromatic rings. The van der Waals surface area contributed by atoms with Crippen molar-refractivity contribution >= 4 is 33.4 Å². The monoisotopic (exact) mass is 428 g/mol. The molecule has 0 saturated carbocycles. The molecule has 0 radical (unpaired) electrons. The van der Waals surface area contributed by atoms with Gasteiger partial charge in [0.15, 0.2) is 4.80 Å². The minimum Gasteiger partial charge on any atom is -0.497 e. The maximum atomic E-state index is 12.9. The Morgan fingerprint density at radius 1 is 1.03 bits per heavy atom. The van der Waals surface area contributed by atoms with Crippen LogP contribution in [0.15, 0.2) is 35.3 Å². The summed E-state index contributed by atoms with van der Waals surface area (Å²) in [5.41, 5.74) is 3.30. The van der Waals surface area contributed by atoms with Crippen molar-refractivity contribution in [2.24, 2.45) is 4.99 Å². The molecule has 1 aromatic heterocycles. The highest BCUT2D eigenvalue weighted by Gasteiger charge is 2.16. The summed E-state index contributed by atoms with van der Waals surface area (Å²) in [6.07, 6.45) is 0. The van der Waals surface area contributed by atoms with Crippen LogP contribution in [0.2, 0.25) is 0 Å². The molecule has 0 unspecified atom stereocenters. The normalized spacial score (nSPS) is 11.6. The number of esters is 1. The molecule has 0 aliphatic carbocycles. The average Bonchev–Trinajstić information content (AvgIpc) is 3.04. The number of hydrogen-bond donors (Lipinski definition) is 0. The van der Waals surface area contributed by atoms with Gasteiger partial charge >= 0.3 is 5.97 Å². The lowest BCUT2D eigenvalue weighted by Gasteiger charge is -2.08. The molecule has 0 N–H and O–H groups in total. The lowest BCUT2D eigenvalue weighted by atomic mass is 10.1. The van der Waals surface area contributed by atoms with Gasteiger partial charge in [-0.2, -0.15) is 4.99 Å². The number of hydrogen-bond acceptors (Lipinski definition) is 6. The number of carbonyl (C=O) groups is 2. The lowest BCUT2D eigenvalue weighted by molar-refractivity contribution is -0.143. The molecule has 158 valence electrons. The molecule has 1 amide bonds. The number of fused-ring (bicyclic) bond motifs is 1. The third kappa shape index (κ3) is 4.54. The van der Waals surface area contributed by atoms with E-state index in [1.165, 1.54) is 25.6 Å². The van der Waals surface area contributed by atoms with Crippen molar-refractivity contribution in [3.8, 4) is 11.5 Å². The molecule has 0 atom stereocenters.